The van der Waals surface area contributed by atoms with Crippen molar-refractivity contribution < 1.29 is 4.79 Å². The Balaban J connectivity index is 1.63. The lowest BCUT2D eigenvalue weighted by molar-refractivity contribution is 0.0940. The Hall–Kier alpha value is -2.89. The zero-order valence-corrected chi connectivity index (χ0v) is 14.1. The third kappa shape index (κ3) is 3.53. The molecule has 2 aromatic heterocycles. The van der Waals surface area contributed by atoms with Crippen molar-refractivity contribution >= 4 is 5.91 Å². The lowest BCUT2D eigenvalue weighted by atomic mass is 10.1. The molecule has 0 spiro atoms. The first-order valence-corrected chi connectivity index (χ1v) is 7.91. The number of aromatic nitrogens is 4. The first-order valence-electron chi connectivity index (χ1n) is 7.91. The van der Waals surface area contributed by atoms with Crippen LogP contribution in [0, 0.1) is 6.92 Å². The van der Waals surface area contributed by atoms with Crippen LogP contribution in [0.4, 0.5) is 0 Å². The molecular weight excluding hydrogens is 302 g/mol. The van der Waals surface area contributed by atoms with E-state index >= 15 is 0 Å². The fourth-order valence-corrected chi connectivity index (χ4v) is 2.68. The van der Waals surface area contributed by atoms with Gasteiger partial charge < -0.3 is 9.88 Å². The summed E-state index contributed by atoms with van der Waals surface area (Å²) in [6, 6.07) is 9.55. The molecule has 3 aromatic rings. The van der Waals surface area contributed by atoms with E-state index in [0.717, 1.165) is 22.6 Å². The van der Waals surface area contributed by atoms with Crippen molar-refractivity contribution in [3.8, 4) is 11.3 Å². The van der Waals surface area contributed by atoms with Gasteiger partial charge in [-0.05, 0) is 37.6 Å². The van der Waals surface area contributed by atoms with Crippen LogP contribution in [0.1, 0.15) is 28.7 Å². The molecule has 1 aromatic carbocycles. The Morgan fingerprint density at radius 2 is 2.08 bits per heavy atom. The van der Waals surface area contributed by atoms with E-state index < -0.39 is 0 Å². The zero-order valence-electron chi connectivity index (χ0n) is 14.1. The molecule has 0 fully saturated rings. The number of carbonyl (C=O) groups is 1. The third-order valence-corrected chi connectivity index (χ3v) is 3.91. The highest BCUT2D eigenvalue weighted by molar-refractivity contribution is 5.94. The second-order valence-electron chi connectivity index (χ2n) is 6.09. The Kier molecular flexibility index (Phi) is 4.46. The molecule has 1 unspecified atom stereocenters. The number of aromatic amines is 1. The maximum absolute atomic E-state index is 12.4. The van der Waals surface area contributed by atoms with E-state index in [1.807, 2.05) is 62.0 Å². The van der Waals surface area contributed by atoms with Gasteiger partial charge in [0, 0.05) is 30.8 Å². The van der Waals surface area contributed by atoms with E-state index in [1.165, 1.54) is 0 Å². The number of rotatable bonds is 5. The fourth-order valence-electron chi connectivity index (χ4n) is 2.68. The van der Waals surface area contributed by atoms with Crippen molar-refractivity contribution in [3.05, 3.63) is 59.8 Å². The molecule has 124 valence electrons. The quantitative estimate of drug-likeness (QED) is 0.757. The number of nitrogens with one attached hydrogen (secondary N) is 2. The molecule has 1 amide bonds. The molecule has 24 heavy (non-hydrogen) atoms. The number of nitrogens with zero attached hydrogens (tertiary/aromatic N) is 3. The summed E-state index contributed by atoms with van der Waals surface area (Å²) in [5.41, 5.74) is 4.67. The molecule has 0 radical (unpaired) electrons. The van der Waals surface area contributed by atoms with Crippen molar-refractivity contribution in [2.75, 3.05) is 0 Å². The van der Waals surface area contributed by atoms with Crippen molar-refractivity contribution in [2.24, 2.45) is 7.05 Å². The van der Waals surface area contributed by atoms with E-state index in [4.69, 9.17) is 0 Å². The normalized spacial score (nSPS) is 12.1. The number of aryl methyl sites for hydroxylation is 2. The first kappa shape index (κ1) is 16.0. The zero-order chi connectivity index (χ0) is 17.1. The van der Waals surface area contributed by atoms with Crippen LogP contribution in [0.15, 0.2) is 42.9 Å². The number of hydrogen-bond acceptors (Lipinski definition) is 3. The second kappa shape index (κ2) is 6.70. The molecule has 0 bridgehead atoms. The summed E-state index contributed by atoms with van der Waals surface area (Å²) >= 11 is 0. The molecule has 3 rings (SSSR count). The summed E-state index contributed by atoms with van der Waals surface area (Å²) < 4.78 is 1.95. The summed E-state index contributed by atoms with van der Waals surface area (Å²) in [7, 11) is 1.95. The van der Waals surface area contributed by atoms with Crippen molar-refractivity contribution in [3.63, 3.8) is 0 Å². The molecule has 0 aliphatic rings. The van der Waals surface area contributed by atoms with Gasteiger partial charge in [0.05, 0.1) is 23.9 Å². The number of H-pyrrole nitrogens is 1. The van der Waals surface area contributed by atoms with Crippen LogP contribution in [0.5, 0.6) is 0 Å². The summed E-state index contributed by atoms with van der Waals surface area (Å²) in [4.78, 5) is 16.5. The van der Waals surface area contributed by atoms with E-state index in [0.29, 0.717) is 12.0 Å². The Labute approximate surface area is 140 Å². The van der Waals surface area contributed by atoms with Gasteiger partial charge in [-0.3, -0.25) is 9.89 Å². The fraction of sp³-hybridized carbons (Fsp3) is 0.278. The van der Waals surface area contributed by atoms with Gasteiger partial charge in [-0.25, -0.2) is 4.98 Å². The van der Waals surface area contributed by atoms with E-state index in [1.54, 1.807) is 6.33 Å². The Morgan fingerprint density at radius 3 is 2.67 bits per heavy atom. The van der Waals surface area contributed by atoms with Crippen LogP contribution in [0.2, 0.25) is 0 Å². The van der Waals surface area contributed by atoms with E-state index in [9.17, 15) is 4.79 Å². The highest BCUT2D eigenvalue weighted by Gasteiger charge is 2.12. The van der Waals surface area contributed by atoms with Gasteiger partial charge >= 0.3 is 0 Å². The SMILES string of the molecule is Cc1cc(CC(C)NC(=O)c2ccc(-c3cncn3C)cc2)n[nH]1. The minimum absolute atomic E-state index is 0.0111. The lowest BCUT2D eigenvalue weighted by Gasteiger charge is -2.13. The van der Waals surface area contributed by atoms with Crippen LogP contribution >= 0.6 is 0 Å². The molecule has 2 N–H and O–H groups in total. The molecule has 0 aliphatic heterocycles. The molecule has 1 atom stereocenters. The second-order valence-corrected chi connectivity index (χ2v) is 6.09. The molecule has 2 heterocycles. The smallest absolute Gasteiger partial charge is 0.251 e. The summed E-state index contributed by atoms with van der Waals surface area (Å²) in [6.45, 7) is 3.94. The standard InChI is InChI=1S/C18H21N5O/c1-12(8-16-9-13(2)21-22-16)20-18(24)15-6-4-14(5-7-15)17-10-19-11-23(17)3/h4-7,9-12H,8H2,1-3H3,(H,20,24)(H,21,22). The van der Waals surface area contributed by atoms with Gasteiger partial charge in [0.25, 0.3) is 5.91 Å². The van der Waals surface area contributed by atoms with Crippen molar-refractivity contribution in [2.45, 2.75) is 26.3 Å². The number of imidazole rings is 1. The highest BCUT2D eigenvalue weighted by atomic mass is 16.1. The Morgan fingerprint density at radius 1 is 1.33 bits per heavy atom. The van der Waals surface area contributed by atoms with Crippen molar-refractivity contribution in [1.82, 2.24) is 25.1 Å². The monoisotopic (exact) mass is 323 g/mol. The van der Waals surface area contributed by atoms with Gasteiger partial charge in [0.2, 0.25) is 0 Å². The predicted molar refractivity (Wildman–Crippen MR) is 92.6 cm³/mol. The first-order chi connectivity index (χ1) is 11.5. The largest absolute Gasteiger partial charge is 0.349 e. The molecule has 6 nitrogen and oxygen atoms in total. The number of hydrogen-bond donors (Lipinski definition) is 2. The lowest BCUT2D eigenvalue weighted by Crippen LogP contribution is -2.34. The topological polar surface area (TPSA) is 75.6 Å². The molecule has 0 saturated heterocycles. The minimum atomic E-state index is -0.0775. The van der Waals surface area contributed by atoms with Crippen LogP contribution in [-0.2, 0) is 13.5 Å². The van der Waals surface area contributed by atoms with E-state index in [-0.39, 0.29) is 11.9 Å². The average Bonchev–Trinajstić information content (AvgIpc) is 3.15. The maximum atomic E-state index is 12.4. The van der Waals surface area contributed by atoms with E-state index in [2.05, 4.69) is 20.5 Å². The van der Waals surface area contributed by atoms with Crippen LogP contribution in [0.3, 0.4) is 0 Å². The van der Waals surface area contributed by atoms with Gasteiger partial charge in [-0.2, -0.15) is 5.10 Å². The molecular formula is C18H21N5O. The number of benzene rings is 1. The molecule has 0 aliphatic carbocycles. The summed E-state index contributed by atoms with van der Waals surface area (Å²) in [5.74, 6) is -0.0775. The predicted octanol–water partition coefficient (Wildman–Crippen LogP) is 2.48. The average molecular weight is 323 g/mol. The molecule has 6 heteroatoms. The summed E-state index contributed by atoms with van der Waals surface area (Å²) in [6.07, 6.45) is 4.26. The van der Waals surface area contributed by atoms with Crippen LogP contribution in [0.25, 0.3) is 11.3 Å². The van der Waals surface area contributed by atoms with Crippen LogP contribution < -0.4 is 5.32 Å². The molecule has 0 saturated carbocycles. The van der Waals surface area contributed by atoms with Crippen LogP contribution in [-0.4, -0.2) is 31.7 Å². The number of carbonyl (C=O) groups excluding carboxylic acids is 1. The number of amides is 1. The van der Waals surface area contributed by atoms with Gasteiger partial charge in [0.1, 0.15) is 0 Å². The van der Waals surface area contributed by atoms with Gasteiger partial charge in [-0.15, -0.1) is 0 Å². The summed E-state index contributed by atoms with van der Waals surface area (Å²) in [5, 5.41) is 10.1. The van der Waals surface area contributed by atoms with Crippen molar-refractivity contribution in [1.29, 1.82) is 0 Å². The minimum Gasteiger partial charge on any atom is -0.349 e. The van der Waals surface area contributed by atoms with Gasteiger partial charge in [0.15, 0.2) is 0 Å². The Bertz CT molecular complexity index is 831. The van der Waals surface area contributed by atoms with Gasteiger partial charge in [-0.1, -0.05) is 12.1 Å². The maximum Gasteiger partial charge on any atom is 0.251 e. The third-order valence-electron chi connectivity index (χ3n) is 3.91. The highest BCUT2D eigenvalue weighted by Crippen LogP contribution is 2.18.